The number of nitrogens with one attached hydrogen (secondary N) is 1. The van der Waals surface area contributed by atoms with Crippen LogP contribution in [0, 0.1) is 0 Å². The Balaban J connectivity index is 1.75. The van der Waals surface area contributed by atoms with Crippen molar-refractivity contribution in [3.63, 3.8) is 0 Å². The van der Waals surface area contributed by atoms with Crippen LogP contribution in [0.15, 0.2) is 34.9 Å². The van der Waals surface area contributed by atoms with Crippen molar-refractivity contribution in [2.24, 2.45) is 0 Å². The van der Waals surface area contributed by atoms with Crippen LogP contribution >= 0.6 is 15.9 Å². The van der Waals surface area contributed by atoms with E-state index in [2.05, 4.69) is 36.4 Å². The van der Waals surface area contributed by atoms with Gasteiger partial charge in [0.15, 0.2) is 15.7 Å². The lowest BCUT2D eigenvalue weighted by atomic mass is 10.2. The predicted molar refractivity (Wildman–Crippen MR) is 92.7 cm³/mol. The fourth-order valence-electron chi connectivity index (χ4n) is 2.43. The van der Waals surface area contributed by atoms with Gasteiger partial charge in [0.2, 0.25) is 5.95 Å². The number of benzene rings is 1. The van der Waals surface area contributed by atoms with Crippen molar-refractivity contribution >= 4 is 43.2 Å². The highest BCUT2D eigenvalue weighted by Gasteiger charge is 2.31. The van der Waals surface area contributed by atoms with Crippen LogP contribution in [0.1, 0.15) is 6.42 Å². The predicted octanol–water partition coefficient (Wildman–Crippen LogP) is 2.00. The van der Waals surface area contributed by atoms with Crippen molar-refractivity contribution in [1.82, 2.24) is 15.2 Å². The lowest BCUT2D eigenvalue weighted by Crippen LogP contribution is -2.34. The molecule has 1 unspecified atom stereocenters. The minimum atomic E-state index is -2.95. The second-order valence-corrected chi connectivity index (χ2v) is 8.59. The largest absolute Gasteiger partial charge is 0.339 e. The summed E-state index contributed by atoms with van der Waals surface area (Å²) in [7, 11) is -1.15. The minimum Gasteiger partial charge on any atom is -0.339 e. The van der Waals surface area contributed by atoms with Gasteiger partial charge in [-0.3, -0.25) is 0 Å². The summed E-state index contributed by atoms with van der Waals surface area (Å²) in [5.41, 5.74) is 0.880. The third-order valence-electron chi connectivity index (χ3n) is 3.74. The molecule has 7 nitrogen and oxygen atoms in total. The zero-order valence-corrected chi connectivity index (χ0v) is 14.9. The highest BCUT2D eigenvalue weighted by atomic mass is 79.9. The van der Waals surface area contributed by atoms with Gasteiger partial charge in [0.1, 0.15) is 0 Å². The molecule has 1 atom stereocenters. The molecule has 122 valence electrons. The molecule has 0 spiro atoms. The Kier molecular flexibility index (Phi) is 4.49. The van der Waals surface area contributed by atoms with Gasteiger partial charge in [-0.15, -0.1) is 5.10 Å². The first-order chi connectivity index (χ1) is 10.9. The molecule has 2 heterocycles. The quantitative estimate of drug-likeness (QED) is 0.843. The van der Waals surface area contributed by atoms with E-state index in [0.717, 1.165) is 10.2 Å². The van der Waals surface area contributed by atoms with Crippen LogP contribution in [0.2, 0.25) is 0 Å². The third kappa shape index (κ3) is 3.97. The number of rotatable bonds is 4. The van der Waals surface area contributed by atoms with Crippen molar-refractivity contribution in [3.8, 4) is 0 Å². The molecule has 1 aromatic carbocycles. The molecule has 1 fully saturated rings. The number of sulfone groups is 1. The molecule has 1 aliphatic rings. The van der Waals surface area contributed by atoms with Gasteiger partial charge in [-0.1, -0.05) is 15.9 Å². The Morgan fingerprint density at radius 2 is 2.04 bits per heavy atom. The van der Waals surface area contributed by atoms with Gasteiger partial charge in [0, 0.05) is 23.2 Å². The highest BCUT2D eigenvalue weighted by molar-refractivity contribution is 9.10. The average Bonchev–Trinajstić information content (AvgIpc) is 2.89. The molecule has 23 heavy (non-hydrogen) atoms. The molecule has 0 bridgehead atoms. The van der Waals surface area contributed by atoms with Crippen LogP contribution in [0.3, 0.4) is 0 Å². The molecule has 0 radical (unpaired) electrons. The van der Waals surface area contributed by atoms with Gasteiger partial charge in [-0.25, -0.2) is 8.42 Å². The number of anilines is 3. The van der Waals surface area contributed by atoms with Gasteiger partial charge in [-0.2, -0.15) is 10.1 Å². The van der Waals surface area contributed by atoms with E-state index in [4.69, 9.17) is 0 Å². The van der Waals surface area contributed by atoms with Crippen molar-refractivity contribution in [3.05, 3.63) is 34.9 Å². The molecule has 0 amide bonds. The fourth-order valence-corrected chi connectivity index (χ4v) is 4.47. The summed E-state index contributed by atoms with van der Waals surface area (Å²) in [4.78, 5) is 6.20. The Morgan fingerprint density at radius 1 is 1.30 bits per heavy atom. The van der Waals surface area contributed by atoms with Gasteiger partial charge in [-0.05, 0) is 30.7 Å². The van der Waals surface area contributed by atoms with Crippen molar-refractivity contribution in [2.45, 2.75) is 12.5 Å². The van der Waals surface area contributed by atoms with E-state index in [0.29, 0.717) is 18.2 Å². The summed E-state index contributed by atoms with van der Waals surface area (Å²) >= 11 is 3.39. The molecule has 0 aliphatic carbocycles. The number of hydrogen-bond acceptors (Lipinski definition) is 7. The van der Waals surface area contributed by atoms with Crippen LogP contribution < -0.4 is 10.2 Å². The van der Waals surface area contributed by atoms with Crippen molar-refractivity contribution in [2.75, 3.05) is 28.8 Å². The zero-order chi connectivity index (χ0) is 16.4. The second kappa shape index (κ2) is 6.40. The number of hydrogen-bond donors (Lipinski definition) is 1. The average molecular weight is 398 g/mol. The third-order valence-corrected chi connectivity index (χ3v) is 6.01. The zero-order valence-electron chi connectivity index (χ0n) is 12.5. The molecule has 2 aromatic rings. The van der Waals surface area contributed by atoms with Gasteiger partial charge in [0.05, 0.1) is 17.7 Å². The summed E-state index contributed by atoms with van der Waals surface area (Å²) in [6, 6.07) is 7.57. The van der Waals surface area contributed by atoms with E-state index in [1.165, 1.54) is 6.20 Å². The van der Waals surface area contributed by atoms with E-state index in [1.807, 2.05) is 24.3 Å². The van der Waals surface area contributed by atoms with Crippen LogP contribution in [0.4, 0.5) is 17.5 Å². The topological polar surface area (TPSA) is 88.1 Å². The lowest BCUT2D eigenvalue weighted by molar-refractivity contribution is 0.600. The van der Waals surface area contributed by atoms with Crippen LogP contribution in [-0.4, -0.2) is 48.2 Å². The summed E-state index contributed by atoms with van der Waals surface area (Å²) in [6.07, 6.45) is 2.12. The number of nitrogens with zero attached hydrogens (tertiary/aromatic N) is 4. The normalized spacial score (nSPS) is 19.5. The molecule has 1 N–H and O–H groups in total. The van der Waals surface area contributed by atoms with Gasteiger partial charge >= 0.3 is 0 Å². The van der Waals surface area contributed by atoms with E-state index >= 15 is 0 Å². The van der Waals surface area contributed by atoms with Crippen LogP contribution in [-0.2, 0) is 9.84 Å². The van der Waals surface area contributed by atoms with E-state index in [-0.39, 0.29) is 17.5 Å². The molecule has 3 rings (SSSR count). The second-order valence-electron chi connectivity index (χ2n) is 5.44. The van der Waals surface area contributed by atoms with Crippen LogP contribution in [0.25, 0.3) is 0 Å². The van der Waals surface area contributed by atoms with Gasteiger partial charge < -0.3 is 10.2 Å². The highest BCUT2D eigenvalue weighted by Crippen LogP contribution is 2.22. The summed E-state index contributed by atoms with van der Waals surface area (Å²) < 4.78 is 24.2. The standard InChI is InChI=1S/C14H16BrN5O2S/c1-20(12-6-7-23(21,22)9-12)14-18-13(8-16-19-14)17-11-4-2-10(15)3-5-11/h2-5,8,12H,6-7,9H2,1H3,(H,17,18,19). The van der Waals surface area contributed by atoms with Crippen molar-refractivity contribution < 1.29 is 8.42 Å². The summed E-state index contributed by atoms with van der Waals surface area (Å²) in [6.45, 7) is 0. The smallest absolute Gasteiger partial charge is 0.247 e. The first-order valence-electron chi connectivity index (χ1n) is 7.08. The minimum absolute atomic E-state index is 0.107. The number of halogens is 1. The Labute approximate surface area is 143 Å². The molecule has 9 heteroatoms. The first-order valence-corrected chi connectivity index (χ1v) is 9.70. The number of aromatic nitrogens is 3. The van der Waals surface area contributed by atoms with E-state index < -0.39 is 9.84 Å². The lowest BCUT2D eigenvalue weighted by Gasteiger charge is -2.22. The Morgan fingerprint density at radius 3 is 2.70 bits per heavy atom. The van der Waals surface area contributed by atoms with E-state index in [1.54, 1.807) is 11.9 Å². The molecule has 0 saturated carbocycles. The van der Waals surface area contributed by atoms with Gasteiger partial charge in [0.25, 0.3) is 0 Å². The molecular formula is C14H16BrN5O2S. The van der Waals surface area contributed by atoms with E-state index in [9.17, 15) is 8.42 Å². The summed E-state index contributed by atoms with van der Waals surface area (Å²) in [5.74, 6) is 1.32. The molecule has 1 aliphatic heterocycles. The van der Waals surface area contributed by atoms with Crippen LogP contribution in [0.5, 0.6) is 0 Å². The fraction of sp³-hybridized carbons (Fsp3) is 0.357. The molecule has 1 aromatic heterocycles. The maximum atomic E-state index is 11.6. The Hall–Kier alpha value is -1.74. The maximum absolute atomic E-state index is 11.6. The SMILES string of the molecule is CN(c1nncc(Nc2ccc(Br)cc2)n1)C1CCS(=O)(=O)C1. The monoisotopic (exact) mass is 397 g/mol. The summed E-state index contributed by atoms with van der Waals surface area (Å²) in [5, 5.41) is 11.1. The molecular weight excluding hydrogens is 382 g/mol. The molecule has 1 saturated heterocycles. The first kappa shape index (κ1) is 16.1. The maximum Gasteiger partial charge on any atom is 0.247 e. The Bertz CT molecular complexity index is 797. The van der Waals surface area contributed by atoms with Crippen molar-refractivity contribution in [1.29, 1.82) is 0 Å².